The molecule has 0 heterocycles. The highest BCUT2D eigenvalue weighted by Gasteiger charge is 2.33. The van der Waals surface area contributed by atoms with Gasteiger partial charge in [0.05, 0.1) is 0 Å². The van der Waals surface area contributed by atoms with Gasteiger partial charge in [-0.15, -0.1) is 0 Å². The molecule has 0 unspecified atom stereocenters. The average molecular weight is 415 g/mol. The first-order chi connectivity index (χ1) is 13.7. The lowest BCUT2D eigenvalue weighted by atomic mass is 10.1. The van der Waals surface area contributed by atoms with Crippen molar-refractivity contribution in [2.24, 2.45) is 0 Å². The molecule has 0 aliphatic rings. The van der Waals surface area contributed by atoms with Crippen LogP contribution in [0.2, 0.25) is 12.1 Å². The molecule has 2 nitrogen and oxygen atoms in total. The molecule has 0 N–H and O–H groups in total. The Balaban J connectivity index is 3.63. The highest BCUT2D eigenvalue weighted by atomic mass is 28.4. The average Bonchev–Trinajstić information content (AvgIpc) is 2.72. The lowest BCUT2D eigenvalue weighted by molar-refractivity contribution is 0.238. The zero-order chi connectivity index (χ0) is 20.8. The summed E-state index contributed by atoms with van der Waals surface area (Å²) in [4.78, 5) is 0. The molecule has 0 aliphatic heterocycles. The summed E-state index contributed by atoms with van der Waals surface area (Å²) >= 11 is 0. The van der Waals surface area contributed by atoms with Gasteiger partial charge in [-0.2, -0.15) is 0 Å². The Hall–Kier alpha value is 0.137. The second-order valence-corrected chi connectivity index (χ2v) is 12.5. The van der Waals surface area contributed by atoms with Gasteiger partial charge in [-0.3, -0.25) is 0 Å². The molecule has 0 rings (SSSR count). The van der Waals surface area contributed by atoms with Gasteiger partial charge in [0.2, 0.25) is 0 Å². The Morgan fingerprint density at radius 1 is 0.393 bits per heavy atom. The largest absolute Gasteiger partial charge is 0.398 e. The van der Waals surface area contributed by atoms with E-state index in [0.717, 1.165) is 0 Å². The van der Waals surface area contributed by atoms with Crippen molar-refractivity contribution in [1.82, 2.24) is 0 Å². The molecule has 0 saturated carbocycles. The minimum Gasteiger partial charge on any atom is -0.398 e. The standard InChI is InChI=1S/C25H54O2Si/c1-5-7-9-11-13-15-16-17-19-21-23-25-28(26-3,27-4)24-22-20-18-14-12-10-8-6-2/h5-25H2,1-4H3. The summed E-state index contributed by atoms with van der Waals surface area (Å²) in [5, 5.41) is 0. The number of hydrogen-bond acceptors (Lipinski definition) is 2. The summed E-state index contributed by atoms with van der Waals surface area (Å²) in [6.07, 6.45) is 26.5. The van der Waals surface area contributed by atoms with Crippen molar-refractivity contribution in [2.75, 3.05) is 14.2 Å². The molecule has 0 bridgehead atoms. The molecule has 0 aromatic heterocycles. The van der Waals surface area contributed by atoms with Crippen LogP contribution >= 0.6 is 0 Å². The quantitative estimate of drug-likeness (QED) is 0.122. The van der Waals surface area contributed by atoms with Gasteiger partial charge in [-0.05, 0) is 12.1 Å². The fourth-order valence-corrected chi connectivity index (χ4v) is 7.01. The van der Waals surface area contributed by atoms with Crippen LogP contribution in [0, 0.1) is 0 Å². The van der Waals surface area contributed by atoms with E-state index in [1.165, 1.54) is 134 Å². The Labute approximate surface area is 179 Å². The van der Waals surface area contributed by atoms with Gasteiger partial charge >= 0.3 is 8.56 Å². The van der Waals surface area contributed by atoms with E-state index in [1.54, 1.807) is 0 Å². The molecule has 3 heteroatoms. The summed E-state index contributed by atoms with van der Waals surface area (Å²) < 4.78 is 11.9. The topological polar surface area (TPSA) is 18.5 Å². The predicted molar refractivity (Wildman–Crippen MR) is 128 cm³/mol. The third-order valence-electron chi connectivity index (χ3n) is 6.32. The second kappa shape index (κ2) is 21.8. The van der Waals surface area contributed by atoms with Crippen LogP contribution in [0.3, 0.4) is 0 Å². The molecule has 28 heavy (non-hydrogen) atoms. The van der Waals surface area contributed by atoms with E-state index in [0.29, 0.717) is 0 Å². The van der Waals surface area contributed by atoms with Gasteiger partial charge in [-0.25, -0.2) is 0 Å². The van der Waals surface area contributed by atoms with E-state index in [9.17, 15) is 0 Å². The van der Waals surface area contributed by atoms with Crippen molar-refractivity contribution in [3.8, 4) is 0 Å². The van der Waals surface area contributed by atoms with Gasteiger partial charge in [-0.1, -0.05) is 136 Å². The number of unbranched alkanes of at least 4 members (excludes halogenated alkanes) is 17. The van der Waals surface area contributed by atoms with Crippen molar-refractivity contribution in [2.45, 2.75) is 148 Å². The molecular formula is C25H54O2Si. The molecule has 0 aromatic rings. The van der Waals surface area contributed by atoms with Crippen molar-refractivity contribution in [1.29, 1.82) is 0 Å². The lowest BCUT2D eigenvalue weighted by Crippen LogP contribution is -2.39. The zero-order valence-electron chi connectivity index (χ0n) is 20.2. The summed E-state index contributed by atoms with van der Waals surface area (Å²) in [6, 6.07) is 2.38. The molecule has 0 atom stereocenters. The first kappa shape index (κ1) is 28.1. The molecular weight excluding hydrogens is 360 g/mol. The van der Waals surface area contributed by atoms with Crippen molar-refractivity contribution < 1.29 is 8.85 Å². The fraction of sp³-hybridized carbons (Fsp3) is 1.00. The van der Waals surface area contributed by atoms with E-state index in [2.05, 4.69) is 13.8 Å². The fourth-order valence-electron chi connectivity index (χ4n) is 4.20. The molecule has 0 spiro atoms. The highest BCUT2D eigenvalue weighted by molar-refractivity contribution is 6.67. The maximum atomic E-state index is 5.96. The first-order valence-electron chi connectivity index (χ1n) is 12.8. The van der Waals surface area contributed by atoms with E-state index in [-0.39, 0.29) is 0 Å². The monoisotopic (exact) mass is 414 g/mol. The van der Waals surface area contributed by atoms with Crippen LogP contribution in [0.1, 0.15) is 136 Å². The lowest BCUT2D eigenvalue weighted by Gasteiger charge is -2.27. The molecule has 0 fully saturated rings. The van der Waals surface area contributed by atoms with Gasteiger partial charge in [0, 0.05) is 14.2 Å². The summed E-state index contributed by atoms with van der Waals surface area (Å²) in [6.45, 7) is 4.58. The molecule has 0 radical (unpaired) electrons. The van der Waals surface area contributed by atoms with E-state index in [1.807, 2.05) is 14.2 Å². The normalized spacial score (nSPS) is 12.0. The Morgan fingerprint density at radius 2 is 0.643 bits per heavy atom. The molecule has 0 saturated heterocycles. The van der Waals surface area contributed by atoms with Gasteiger partial charge in [0.15, 0.2) is 0 Å². The van der Waals surface area contributed by atoms with Crippen molar-refractivity contribution in [3.63, 3.8) is 0 Å². The SMILES string of the molecule is CCCCCCCCCCCCC[Si](CCCCCCCCCC)(OC)OC. The maximum absolute atomic E-state index is 5.96. The Bertz CT molecular complexity index is 292. The molecule has 0 amide bonds. The van der Waals surface area contributed by atoms with Crippen LogP contribution in [0.25, 0.3) is 0 Å². The van der Waals surface area contributed by atoms with Crippen LogP contribution in [0.15, 0.2) is 0 Å². The van der Waals surface area contributed by atoms with E-state index >= 15 is 0 Å². The zero-order valence-corrected chi connectivity index (χ0v) is 21.2. The molecule has 170 valence electrons. The maximum Gasteiger partial charge on any atom is 0.337 e. The highest BCUT2D eigenvalue weighted by Crippen LogP contribution is 2.25. The van der Waals surface area contributed by atoms with Crippen LogP contribution in [0.5, 0.6) is 0 Å². The third kappa shape index (κ3) is 17.0. The Morgan fingerprint density at radius 3 is 0.893 bits per heavy atom. The van der Waals surface area contributed by atoms with Crippen molar-refractivity contribution >= 4 is 8.56 Å². The molecule has 0 aliphatic carbocycles. The smallest absolute Gasteiger partial charge is 0.337 e. The predicted octanol–water partition coefficient (Wildman–Crippen LogP) is 9.17. The van der Waals surface area contributed by atoms with Gasteiger partial charge < -0.3 is 8.85 Å². The van der Waals surface area contributed by atoms with Crippen molar-refractivity contribution in [3.05, 3.63) is 0 Å². The van der Waals surface area contributed by atoms with E-state index < -0.39 is 8.56 Å². The minimum absolute atomic E-state index is 1.19. The second-order valence-electron chi connectivity index (χ2n) is 8.83. The van der Waals surface area contributed by atoms with E-state index in [4.69, 9.17) is 8.85 Å². The Kier molecular flexibility index (Phi) is 21.9. The summed E-state index contributed by atoms with van der Waals surface area (Å²) in [5.74, 6) is 0. The summed E-state index contributed by atoms with van der Waals surface area (Å²) in [5.41, 5.74) is 0. The van der Waals surface area contributed by atoms with Crippen LogP contribution in [-0.2, 0) is 8.85 Å². The number of hydrogen-bond donors (Lipinski definition) is 0. The number of rotatable bonds is 23. The first-order valence-corrected chi connectivity index (χ1v) is 15.1. The molecule has 0 aromatic carbocycles. The van der Waals surface area contributed by atoms with Gasteiger partial charge in [0.25, 0.3) is 0 Å². The third-order valence-corrected chi connectivity index (χ3v) is 10.0. The minimum atomic E-state index is -1.92. The van der Waals surface area contributed by atoms with Crippen LogP contribution in [-0.4, -0.2) is 22.8 Å². The van der Waals surface area contributed by atoms with Crippen LogP contribution in [0.4, 0.5) is 0 Å². The summed E-state index contributed by atoms with van der Waals surface area (Å²) in [7, 11) is 1.86. The van der Waals surface area contributed by atoms with Gasteiger partial charge in [0.1, 0.15) is 0 Å². The van der Waals surface area contributed by atoms with Crippen LogP contribution < -0.4 is 0 Å².